The van der Waals surface area contributed by atoms with Gasteiger partial charge in [0.25, 0.3) is 0 Å². The summed E-state index contributed by atoms with van der Waals surface area (Å²) in [6, 6.07) is 8.70. The van der Waals surface area contributed by atoms with Gasteiger partial charge in [-0.15, -0.1) is 0 Å². The van der Waals surface area contributed by atoms with Crippen molar-refractivity contribution in [3.63, 3.8) is 0 Å². The summed E-state index contributed by atoms with van der Waals surface area (Å²) in [4.78, 5) is 2.42. The van der Waals surface area contributed by atoms with E-state index in [2.05, 4.69) is 24.1 Å². The summed E-state index contributed by atoms with van der Waals surface area (Å²) in [5.41, 5.74) is 7.52. The van der Waals surface area contributed by atoms with Crippen molar-refractivity contribution < 1.29 is 0 Å². The third-order valence-corrected chi connectivity index (χ3v) is 4.37. The van der Waals surface area contributed by atoms with E-state index in [9.17, 15) is 0 Å². The average molecular weight is 249 g/mol. The third-order valence-electron chi connectivity index (χ3n) is 3.23. The molecule has 0 aromatic heterocycles. The summed E-state index contributed by atoms with van der Waals surface area (Å²) in [6.07, 6.45) is 1.30. The Morgan fingerprint density at radius 2 is 2.18 bits per heavy atom. The molecule has 1 unspecified atom stereocenters. The minimum atomic E-state index is 0.136. The lowest BCUT2D eigenvalue weighted by Gasteiger charge is -2.23. The number of hydrogen-bond donors (Lipinski definition) is 2. The van der Waals surface area contributed by atoms with Crippen LogP contribution in [0.15, 0.2) is 24.3 Å². The molecule has 0 amide bonds. The second kappa shape index (κ2) is 5.56. The fraction of sp³-hybridized carbons (Fsp3) is 0.462. The lowest BCUT2D eigenvalue weighted by atomic mass is 10.1. The normalized spacial score (nSPS) is 19.8. The molecule has 4 heteroatoms. The van der Waals surface area contributed by atoms with Crippen LogP contribution < -0.4 is 5.73 Å². The van der Waals surface area contributed by atoms with E-state index < -0.39 is 0 Å². The number of rotatable bonds is 4. The Morgan fingerprint density at radius 1 is 1.47 bits per heavy atom. The van der Waals surface area contributed by atoms with Crippen LogP contribution in [0.4, 0.5) is 0 Å². The van der Waals surface area contributed by atoms with Gasteiger partial charge in [0.2, 0.25) is 0 Å². The van der Waals surface area contributed by atoms with E-state index in [0.29, 0.717) is 6.04 Å². The van der Waals surface area contributed by atoms with Crippen LogP contribution in [0, 0.1) is 5.41 Å². The maximum absolute atomic E-state index is 7.35. The highest BCUT2D eigenvalue weighted by molar-refractivity contribution is 7.99. The Hall–Kier alpha value is -1.00. The molecule has 0 bridgehead atoms. The highest BCUT2D eigenvalue weighted by Gasteiger charge is 2.19. The molecule has 1 aliphatic rings. The number of benzene rings is 1. The maximum Gasteiger partial charge on any atom is 0.122 e. The van der Waals surface area contributed by atoms with Crippen molar-refractivity contribution in [2.24, 2.45) is 5.73 Å². The molecule has 3 N–H and O–H groups in total. The number of thioether (sulfide) groups is 1. The first-order valence-electron chi connectivity index (χ1n) is 5.88. The first-order chi connectivity index (χ1) is 8.16. The fourth-order valence-corrected chi connectivity index (χ4v) is 3.38. The zero-order valence-electron chi connectivity index (χ0n) is 10.1. The molecule has 1 aromatic rings. The predicted molar refractivity (Wildman–Crippen MR) is 74.7 cm³/mol. The summed E-state index contributed by atoms with van der Waals surface area (Å²) < 4.78 is 0. The van der Waals surface area contributed by atoms with E-state index in [1.54, 1.807) is 0 Å². The summed E-state index contributed by atoms with van der Waals surface area (Å²) in [6.45, 7) is 0.976. The molecular weight excluding hydrogens is 230 g/mol. The van der Waals surface area contributed by atoms with Crippen LogP contribution >= 0.6 is 11.8 Å². The minimum absolute atomic E-state index is 0.136. The van der Waals surface area contributed by atoms with Crippen LogP contribution in [0.3, 0.4) is 0 Å². The molecule has 1 fully saturated rings. The summed E-state index contributed by atoms with van der Waals surface area (Å²) >= 11 is 2.04. The van der Waals surface area contributed by atoms with Crippen molar-refractivity contribution >= 4 is 17.6 Å². The van der Waals surface area contributed by atoms with Crippen molar-refractivity contribution in [2.45, 2.75) is 19.0 Å². The van der Waals surface area contributed by atoms with Crippen molar-refractivity contribution in [1.29, 1.82) is 5.41 Å². The molecule has 1 heterocycles. The molecule has 2 rings (SSSR count). The van der Waals surface area contributed by atoms with Crippen molar-refractivity contribution in [3.8, 4) is 0 Å². The lowest BCUT2D eigenvalue weighted by molar-refractivity contribution is 0.254. The monoisotopic (exact) mass is 249 g/mol. The number of nitrogens with one attached hydrogen (secondary N) is 1. The second-order valence-electron chi connectivity index (χ2n) is 4.54. The third kappa shape index (κ3) is 3.23. The number of nitrogens with zero attached hydrogens (tertiary/aromatic N) is 1. The van der Waals surface area contributed by atoms with Gasteiger partial charge in [-0.25, -0.2) is 0 Å². The number of nitrogen functional groups attached to an aromatic ring is 1. The summed E-state index contributed by atoms with van der Waals surface area (Å²) in [7, 11) is 2.19. The fourth-order valence-electron chi connectivity index (χ4n) is 2.08. The van der Waals surface area contributed by atoms with Gasteiger partial charge in [0.15, 0.2) is 0 Å². The van der Waals surface area contributed by atoms with Gasteiger partial charge in [-0.3, -0.25) is 10.3 Å². The van der Waals surface area contributed by atoms with Crippen LogP contribution in [0.1, 0.15) is 17.5 Å². The highest BCUT2D eigenvalue weighted by Crippen LogP contribution is 2.22. The molecule has 1 aromatic carbocycles. The van der Waals surface area contributed by atoms with Crippen molar-refractivity contribution in [3.05, 3.63) is 35.4 Å². The summed E-state index contributed by atoms with van der Waals surface area (Å²) in [5, 5.41) is 7.35. The van der Waals surface area contributed by atoms with Crippen molar-refractivity contribution in [1.82, 2.24) is 4.90 Å². The zero-order valence-corrected chi connectivity index (χ0v) is 11.0. The molecule has 0 spiro atoms. The molecule has 17 heavy (non-hydrogen) atoms. The van der Waals surface area contributed by atoms with E-state index >= 15 is 0 Å². The van der Waals surface area contributed by atoms with Crippen LogP contribution in [0.5, 0.6) is 0 Å². The number of amidine groups is 1. The van der Waals surface area contributed by atoms with Crippen LogP contribution in [0.2, 0.25) is 0 Å². The first kappa shape index (κ1) is 12.5. The molecule has 0 aliphatic carbocycles. The zero-order chi connectivity index (χ0) is 12.3. The topological polar surface area (TPSA) is 53.1 Å². The van der Waals surface area contributed by atoms with Crippen LogP contribution in [-0.2, 0) is 6.54 Å². The van der Waals surface area contributed by atoms with Gasteiger partial charge in [-0.05, 0) is 24.8 Å². The predicted octanol–water partition coefficient (Wildman–Crippen LogP) is 1.91. The lowest BCUT2D eigenvalue weighted by Crippen LogP contribution is -2.30. The molecule has 1 aliphatic heterocycles. The molecular formula is C13H19N3S. The quantitative estimate of drug-likeness (QED) is 0.633. The van der Waals surface area contributed by atoms with Gasteiger partial charge < -0.3 is 5.73 Å². The molecule has 1 saturated heterocycles. The second-order valence-corrected chi connectivity index (χ2v) is 5.69. The van der Waals surface area contributed by atoms with Gasteiger partial charge >= 0.3 is 0 Å². The van der Waals surface area contributed by atoms with Gasteiger partial charge in [-0.1, -0.05) is 24.3 Å². The van der Waals surface area contributed by atoms with E-state index in [4.69, 9.17) is 11.1 Å². The molecule has 92 valence electrons. The smallest absolute Gasteiger partial charge is 0.122 e. The van der Waals surface area contributed by atoms with Crippen molar-refractivity contribution in [2.75, 3.05) is 18.6 Å². The van der Waals surface area contributed by atoms with Gasteiger partial charge in [0, 0.05) is 23.9 Å². The van der Waals surface area contributed by atoms with E-state index in [-0.39, 0.29) is 5.84 Å². The molecule has 3 nitrogen and oxygen atoms in total. The van der Waals surface area contributed by atoms with Gasteiger partial charge in [0.1, 0.15) is 5.84 Å². The number of hydrogen-bond acceptors (Lipinski definition) is 3. The Balaban J connectivity index is 1.96. The minimum Gasteiger partial charge on any atom is -0.384 e. The Kier molecular flexibility index (Phi) is 4.07. The highest BCUT2D eigenvalue weighted by atomic mass is 32.2. The van der Waals surface area contributed by atoms with E-state index in [1.807, 2.05) is 23.9 Å². The van der Waals surface area contributed by atoms with Gasteiger partial charge in [-0.2, -0.15) is 11.8 Å². The van der Waals surface area contributed by atoms with Crippen LogP contribution in [-0.4, -0.2) is 35.3 Å². The SMILES string of the molecule is CN(Cc1ccc(C(=N)N)cc1)C1CCSC1. The van der Waals surface area contributed by atoms with Crippen LogP contribution in [0.25, 0.3) is 0 Å². The largest absolute Gasteiger partial charge is 0.384 e. The van der Waals surface area contributed by atoms with E-state index in [1.165, 1.54) is 23.5 Å². The summed E-state index contributed by atoms with van der Waals surface area (Å²) in [5.74, 6) is 2.68. The molecule has 0 saturated carbocycles. The molecule has 0 radical (unpaired) electrons. The average Bonchev–Trinajstić information content (AvgIpc) is 2.83. The number of nitrogens with two attached hydrogens (primary N) is 1. The standard InChI is InChI=1S/C13H19N3S/c1-16(12-6-7-17-9-12)8-10-2-4-11(5-3-10)13(14)15/h2-5,12H,6-9H2,1H3,(H3,14,15). The Bertz CT molecular complexity index is 382. The Labute approximate surface area is 107 Å². The molecule has 1 atom stereocenters. The first-order valence-corrected chi connectivity index (χ1v) is 7.03. The Morgan fingerprint density at radius 3 is 2.71 bits per heavy atom. The maximum atomic E-state index is 7.35. The van der Waals surface area contributed by atoms with Gasteiger partial charge in [0.05, 0.1) is 0 Å². The van der Waals surface area contributed by atoms with E-state index in [0.717, 1.165) is 12.1 Å².